The van der Waals surface area contributed by atoms with E-state index in [-0.39, 0.29) is 4.90 Å². The van der Waals surface area contributed by atoms with E-state index < -0.39 is 70.4 Å². The van der Waals surface area contributed by atoms with E-state index in [1.807, 2.05) is 34.6 Å². The van der Waals surface area contributed by atoms with Crippen LogP contribution in [0.2, 0.25) is 0 Å². The van der Waals surface area contributed by atoms with E-state index in [0.29, 0.717) is 19.8 Å². The van der Waals surface area contributed by atoms with E-state index in [0.717, 1.165) is 44.0 Å². The predicted molar refractivity (Wildman–Crippen MR) is 169 cm³/mol. The normalized spacial score (nSPS) is 26.5. The first kappa shape index (κ1) is 36.9. The first-order valence-corrected chi connectivity index (χ1v) is 17.7. The zero-order valence-electron chi connectivity index (χ0n) is 27.8. The Morgan fingerprint density at radius 1 is 0.795 bits per heavy atom. The molecular weight excluding hydrogens is 587 g/mol. The number of hydrogen-bond acceptors (Lipinski definition) is 10. The molecule has 12 heteroatoms. The molecule has 0 aliphatic carbocycles. The molecule has 1 aromatic rings. The van der Waals surface area contributed by atoms with Gasteiger partial charge in [0.15, 0.2) is 15.9 Å². The number of carbonyl (C=O) groups excluding carboxylic acids is 1. The maximum atomic E-state index is 13.8. The first-order chi connectivity index (χ1) is 20.8. The van der Waals surface area contributed by atoms with Gasteiger partial charge < -0.3 is 33.0 Å². The second kappa shape index (κ2) is 16.3. The molecule has 0 aromatic heterocycles. The topological polar surface area (TPSA) is 116 Å². The van der Waals surface area contributed by atoms with Crippen LogP contribution in [0.4, 0.5) is 0 Å². The summed E-state index contributed by atoms with van der Waals surface area (Å²) in [6.45, 7) is 15.2. The molecule has 2 heterocycles. The van der Waals surface area contributed by atoms with Crippen molar-refractivity contribution in [3.05, 3.63) is 24.3 Å². The minimum absolute atomic E-state index is 0.119. The van der Waals surface area contributed by atoms with Gasteiger partial charge in [-0.05, 0) is 64.6 Å². The highest BCUT2D eigenvalue weighted by atomic mass is 32.2. The lowest BCUT2D eigenvalue weighted by molar-refractivity contribution is -0.255. The summed E-state index contributed by atoms with van der Waals surface area (Å²) in [5.41, 5.74) is -0.311. The number of methoxy groups -OCH3 is 1. The second-order valence-corrected chi connectivity index (χ2v) is 14.7. The van der Waals surface area contributed by atoms with Crippen molar-refractivity contribution in [3.63, 3.8) is 0 Å². The summed E-state index contributed by atoms with van der Waals surface area (Å²) in [5, 5.41) is 0. The molecule has 2 saturated heterocycles. The van der Waals surface area contributed by atoms with Crippen LogP contribution in [0.15, 0.2) is 29.2 Å². The highest BCUT2D eigenvalue weighted by molar-refractivity contribution is 7.91. The van der Waals surface area contributed by atoms with E-state index in [1.165, 1.54) is 7.11 Å². The van der Waals surface area contributed by atoms with Gasteiger partial charge in [0.2, 0.25) is 0 Å². The van der Waals surface area contributed by atoms with Gasteiger partial charge in [0.25, 0.3) is 0 Å². The number of rotatable bonds is 17. The first-order valence-electron chi connectivity index (χ1n) is 16.1. The number of unbranched alkanes of at least 4 members (excludes halogenated alkanes) is 3. The van der Waals surface area contributed by atoms with Crippen LogP contribution in [0.25, 0.3) is 0 Å². The van der Waals surface area contributed by atoms with Crippen molar-refractivity contribution in [2.75, 3.05) is 32.7 Å². The van der Waals surface area contributed by atoms with Crippen LogP contribution >= 0.6 is 0 Å². The third-order valence-corrected chi connectivity index (χ3v) is 10.4. The molecule has 2 aliphatic heterocycles. The van der Waals surface area contributed by atoms with Crippen LogP contribution in [-0.2, 0) is 47.6 Å². The fourth-order valence-corrected chi connectivity index (χ4v) is 6.59. The molecule has 2 unspecified atom stereocenters. The van der Waals surface area contributed by atoms with Gasteiger partial charge >= 0.3 is 13.1 Å². The Hall–Kier alpha value is -1.54. The third-order valence-electron chi connectivity index (χ3n) is 8.64. The minimum Gasteiger partial charge on any atom is -0.467 e. The molecule has 2 fully saturated rings. The summed E-state index contributed by atoms with van der Waals surface area (Å²) in [5.74, 6) is -1.06. The highest BCUT2D eigenvalue weighted by Gasteiger charge is 2.53. The Kier molecular flexibility index (Phi) is 13.7. The van der Waals surface area contributed by atoms with Gasteiger partial charge in [-0.15, -0.1) is 0 Å². The largest absolute Gasteiger partial charge is 0.494 e. The summed E-state index contributed by atoms with van der Waals surface area (Å²) in [6, 6.07) is 6.51. The van der Waals surface area contributed by atoms with Crippen LogP contribution in [-0.4, -0.2) is 95.9 Å². The molecule has 3 rings (SSSR count). The van der Waals surface area contributed by atoms with Gasteiger partial charge in [0, 0.05) is 19.8 Å². The Morgan fingerprint density at radius 3 is 1.75 bits per heavy atom. The molecule has 250 valence electrons. The van der Waals surface area contributed by atoms with Crippen molar-refractivity contribution in [1.29, 1.82) is 0 Å². The zero-order chi connectivity index (χ0) is 32.5. The number of carbonyl (C=O) groups is 1. The van der Waals surface area contributed by atoms with Crippen molar-refractivity contribution in [2.45, 2.75) is 134 Å². The maximum Gasteiger partial charge on any atom is 0.494 e. The monoisotopic (exact) mass is 640 g/mol. The smallest absolute Gasteiger partial charge is 0.467 e. The molecule has 5 atom stereocenters. The van der Waals surface area contributed by atoms with Gasteiger partial charge in [0.1, 0.15) is 24.4 Å². The maximum absolute atomic E-state index is 13.8. The SMILES string of the molecule is CCCCO[C@@H]1[C@H](OCCCC)C(CS(=O)(=O)c2ccc(B3OC(C)(C)C(C)(C)O3)cc2)OC(C(=O)OC)[C@H]1OCCCC. The summed E-state index contributed by atoms with van der Waals surface area (Å²) < 4.78 is 70.1. The third kappa shape index (κ3) is 9.05. The molecule has 0 bridgehead atoms. The van der Waals surface area contributed by atoms with Crippen molar-refractivity contribution >= 4 is 28.4 Å². The van der Waals surface area contributed by atoms with E-state index in [4.69, 9.17) is 33.0 Å². The van der Waals surface area contributed by atoms with Gasteiger partial charge in [0.05, 0.1) is 29.0 Å². The average molecular weight is 641 g/mol. The highest BCUT2D eigenvalue weighted by Crippen LogP contribution is 2.37. The van der Waals surface area contributed by atoms with E-state index in [2.05, 4.69) is 13.8 Å². The minimum atomic E-state index is -3.89. The van der Waals surface area contributed by atoms with Crippen LogP contribution in [0.5, 0.6) is 0 Å². The van der Waals surface area contributed by atoms with E-state index in [9.17, 15) is 13.2 Å². The van der Waals surface area contributed by atoms with Crippen LogP contribution < -0.4 is 5.46 Å². The number of ether oxygens (including phenoxy) is 5. The predicted octanol–water partition coefficient (Wildman–Crippen LogP) is 4.26. The van der Waals surface area contributed by atoms with Crippen molar-refractivity contribution in [2.24, 2.45) is 0 Å². The van der Waals surface area contributed by atoms with Crippen LogP contribution in [0.3, 0.4) is 0 Å². The van der Waals surface area contributed by atoms with Gasteiger partial charge in [-0.1, -0.05) is 52.2 Å². The number of sulfone groups is 1. The fraction of sp³-hybridized carbons (Fsp3) is 0.781. The zero-order valence-corrected chi connectivity index (χ0v) is 28.7. The standard InChI is InChI=1S/C32H53BO10S/c1-9-12-19-38-26-25(41-29(30(34)37-8)28(40-21-14-11-3)27(26)39-20-13-10-2)22-44(35,36)24-17-15-23(16-18-24)33-42-31(4,5)32(6,7)43-33/h15-18,25-29H,9-14,19-22H2,1-8H3/t25?,26-,27-,28+,29?/m1/s1. The molecule has 0 radical (unpaired) electrons. The Labute approximate surface area is 264 Å². The van der Waals surface area contributed by atoms with Crippen molar-refractivity contribution in [1.82, 2.24) is 0 Å². The van der Waals surface area contributed by atoms with Gasteiger partial charge in [-0.3, -0.25) is 0 Å². The average Bonchev–Trinajstić information content (AvgIpc) is 3.20. The van der Waals surface area contributed by atoms with Crippen LogP contribution in [0, 0.1) is 0 Å². The Bertz CT molecular complexity index is 1120. The lowest BCUT2D eigenvalue weighted by atomic mass is 9.79. The molecule has 44 heavy (non-hydrogen) atoms. The molecule has 1 aromatic carbocycles. The molecule has 0 saturated carbocycles. The second-order valence-electron chi connectivity index (χ2n) is 12.6. The summed E-state index contributed by atoms with van der Waals surface area (Å²) in [7, 11) is -3.22. The number of esters is 1. The van der Waals surface area contributed by atoms with Crippen molar-refractivity contribution < 1.29 is 46.2 Å². The Balaban J connectivity index is 1.91. The lowest BCUT2D eigenvalue weighted by Gasteiger charge is -2.45. The van der Waals surface area contributed by atoms with Crippen LogP contribution in [0.1, 0.15) is 87.0 Å². The summed E-state index contributed by atoms with van der Waals surface area (Å²) in [6.07, 6.45) is 0.596. The van der Waals surface area contributed by atoms with E-state index >= 15 is 0 Å². The summed E-state index contributed by atoms with van der Waals surface area (Å²) in [4.78, 5) is 13.1. The molecule has 0 N–H and O–H groups in total. The fourth-order valence-electron chi connectivity index (χ4n) is 5.14. The quantitative estimate of drug-likeness (QED) is 0.139. The number of hydrogen-bond donors (Lipinski definition) is 0. The van der Waals surface area contributed by atoms with Gasteiger partial charge in [-0.25, -0.2) is 13.2 Å². The molecule has 10 nitrogen and oxygen atoms in total. The van der Waals surface area contributed by atoms with Gasteiger partial charge in [-0.2, -0.15) is 0 Å². The molecule has 0 spiro atoms. The molecule has 2 aliphatic rings. The lowest BCUT2D eigenvalue weighted by Crippen LogP contribution is -2.63. The van der Waals surface area contributed by atoms with E-state index in [1.54, 1.807) is 24.3 Å². The Morgan fingerprint density at radius 2 is 1.27 bits per heavy atom. The molecule has 0 amide bonds. The number of benzene rings is 1. The summed E-state index contributed by atoms with van der Waals surface area (Å²) >= 11 is 0. The molecular formula is C32H53BO10S. The van der Waals surface area contributed by atoms with Crippen molar-refractivity contribution in [3.8, 4) is 0 Å².